The molecule has 3 heteroatoms. The Kier molecular flexibility index (Phi) is 6.59. The van der Waals surface area contributed by atoms with Gasteiger partial charge in [-0.3, -0.25) is 0 Å². The second-order valence-corrected chi connectivity index (χ2v) is 5.87. The van der Waals surface area contributed by atoms with Crippen LogP contribution in [0.15, 0.2) is 34.8 Å². The summed E-state index contributed by atoms with van der Waals surface area (Å²) in [5, 5.41) is 3.49. The number of rotatable bonds is 7. The van der Waals surface area contributed by atoms with E-state index in [0.29, 0.717) is 6.04 Å². The van der Waals surface area contributed by atoms with E-state index in [1.807, 2.05) is 0 Å². The lowest BCUT2D eigenvalue weighted by Gasteiger charge is -2.28. The molecule has 1 aromatic carbocycles. The predicted molar refractivity (Wildman–Crippen MR) is 88.9 cm³/mol. The SMILES string of the molecule is C=C(C)CN(CC)c1ccc(Br)cc1C(C)NCC. The number of hydrogen-bond acceptors (Lipinski definition) is 2. The van der Waals surface area contributed by atoms with E-state index in [1.54, 1.807) is 0 Å². The third kappa shape index (κ3) is 4.66. The normalized spacial score (nSPS) is 12.3. The number of hydrogen-bond donors (Lipinski definition) is 1. The Morgan fingerprint density at radius 2 is 2.11 bits per heavy atom. The zero-order chi connectivity index (χ0) is 14.4. The highest BCUT2D eigenvalue weighted by molar-refractivity contribution is 9.10. The first-order valence-corrected chi connectivity index (χ1v) is 7.71. The summed E-state index contributed by atoms with van der Waals surface area (Å²) < 4.78 is 1.13. The highest BCUT2D eigenvalue weighted by atomic mass is 79.9. The van der Waals surface area contributed by atoms with E-state index in [2.05, 4.69) is 78.6 Å². The van der Waals surface area contributed by atoms with E-state index in [-0.39, 0.29) is 0 Å². The molecule has 0 bridgehead atoms. The van der Waals surface area contributed by atoms with Crippen molar-refractivity contribution in [2.75, 3.05) is 24.5 Å². The van der Waals surface area contributed by atoms with Crippen molar-refractivity contribution in [1.29, 1.82) is 0 Å². The quantitative estimate of drug-likeness (QED) is 0.742. The summed E-state index contributed by atoms with van der Waals surface area (Å²) >= 11 is 3.57. The molecule has 0 saturated carbocycles. The third-order valence-electron chi connectivity index (χ3n) is 3.15. The number of anilines is 1. The summed E-state index contributed by atoms with van der Waals surface area (Å²) in [6, 6.07) is 6.86. The summed E-state index contributed by atoms with van der Waals surface area (Å²) in [4.78, 5) is 2.37. The average Bonchev–Trinajstić information content (AvgIpc) is 2.36. The molecule has 0 amide bonds. The van der Waals surface area contributed by atoms with Gasteiger partial charge in [-0.15, -0.1) is 0 Å². The molecule has 0 saturated heterocycles. The van der Waals surface area contributed by atoms with Crippen LogP contribution in [0.3, 0.4) is 0 Å². The maximum atomic E-state index is 4.03. The maximum absolute atomic E-state index is 4.03. The topological polar surface area (TPSA) is 15.3 Å². The third-order valence-corrected chi connectivity index (χ3v) is 3.64. The van der Waals surface area contributed by atoms with Crippen LogP contribution in [-0.4, -0.2) is 19.6 Å². The van der Waals surface area contributed by atoms with E-state index in [9.17, 15) is 0 Å². The lowest BCUT2D eigenvalue weighted by molar-refractivity contribution is 0.596. The van der Waals surface area contributed by atoms with Crippen LogP contribution in [-0.2, 0) is 0 Å². The minimum absolute atomic E-state index is 0.344. The lowest BCUT2D eigenvalue weighted by Crippen LogP contribution is -2.28. The monoisotopic (exact) mass is 324 g/mol. The zero-order valence-corrected chi connectivity index (χ0v) is 14.0. The highest BCUT2D eigenvalue weighted by Crippen LogP contribution is 2.30. The predicted octanol–water partition coefficient (Wildman–Crippen LogP) is 4.52. The molecule has 0 aliphatic heterocycles. The molecular formula is C16H25BrN2. The van der Waals surface area contributed by atoms with Crippen molar-refractivity contribution in [3.8, 4) is 0 Å². The molecule has 1 rings (SSSR count). The smallest absolute Gasteiger partial charge is 0.0418 e. The Bertz CT molecular complexity index is 429. The fourth-order valence-electron chi connectivity index (χ4n) is 2.27. The van der Waals surface area contributed by atoms with Gasteiger partial charge in [0.05, 0.1) is 0 Å². The molecule has 1 aromatic rings. The van der Waals surface area contributed by atoms with Gasteiger partial charge in [-0.2, -0.15) is 0 Å². The second-order valence-electron chi connectivity index (χ2n) is 4.95. The molecule has 19 heavy (non-hydrogen) atoms. The van der Waals surface area contributed by atoms with Crippen molar-refractivity contribution < 1.29 is 0 Å². The summed E-state index contributed by atoms with van der Waals surface area (Å²) in [7, 11) is 0. The number of benzene rings is 1. The van der Waals surface area contributed by atoms with Crippen molar-refractivity contribution in [3.05, 3.63) is 40.4 Å². The lowest BCUT2D eigenvalue weighted by atomic mass is 10.0. The van der Waals surface area contributed by atoms with Gasteiger partial charge in [0.1, 0.15) is 0 Å². The molecule has 1 atom stereocenters. The van der Waals surface area contributed by atoms with Gasteiger partial charge in [-0.25, -0.2) is 0 Å². The van der Waals surface area contributed by atoms with E-state index >= 15 is 0 Å². The molecule has 2 nitrogen and oxygen atoms in total. The first-order chi connectivity index (χ1) is 8.99. The summed E-state index contributed by atoms with van der Waals surface area (Å²) in [5.74, 6) is 0. The molecule has 1 N–H and O–H groups in total. The molecule has 0 aromatic heterocycles. The Labute approximate surface area is 126 Å². The van der Waals surface area contributed by atoms with E-state index in [1.165, 1.54) is 16.8 Å². The highest BCUT2D eigenvalue weighted by Gasteiger charge is 2.14. The molecular weight excluding hydrogens is 300 g/mol. The fraction of sp³-hybridized carbons (Fsp3) is 0.500. The summed E-state index contributed by atoms with van der Waals surface area (Å²) in [6.07, 6.45) is 0. The van der Waals surface area contributed by atoms with Crippen molar-refractivity contribution in [2.45, 2.75) is 33.7 Å². The van der Waals surface area contributed by atoms with Crippen LogP contribution in [0.25, 0.3) is 0 Å². The van der Waals surface area contributed by atoms with Gasteiger partial charge >= 0.3 is 0 Å². The van der Waals surface area contributed by atoms with Crippen molar-refractivity contribution in [3.63, 3.8) is 0 Å². The summed E-state index contributed by atoms with van der Waals surface area (Å²) in [5.41, 5.74) is 3.81. The van der Waals surface area contributed by atoms with Crippen molar-refractivity contribution in [2.24, 2.45) is 0 Å². The van der Waals surface area contributed by atoms with E-state index in [4.69, 9.17) is 0 Å². The molecule has 0 radical (unpaired) electrons. The van der Waals surface area contributed by atoms with Crippen molar-refractivity contribution in [1.82, 2.24) is 5.32 Å². The number of likely N-dealkylation sites (N-methyl/N-ethyl adjacent to an activating group) is 1. The molecule has 0 heterocycles. The van der Waals surface area contributed by atoms with Crippen LogP contribution in [0.2, 0.25) is 0 Å². The van der Waals surface area contributed by atoms with Gasteiger partial charge in [-0.1, -0.05) is 35.0 Å². The average molecular weight is 325 g/mol. The first kappa shape index (κ1) is 16.3. The van der Waals surface area contributed by atoms with Crippen LogP contribution in [0.5, 0.6) is 0 Å². The van der Waals surface area contributed by atoms with Gasteiger partial charge < -0.3 is 10.2 Å². The fourth-order valence-corrected chi connectivity index (χ4v) is 2.65. The first-order valence-electron chi connectivity index (χ1n) is 6.91. The minimum atomic E-state index is 0.344. The van der Waals surface area contributed by atoms with Gasteiger partial charge in [0, 0.05) is 29.3 Å². The largest absolute Gasteiger partial charge is 0.368 e. The van der Waals surface area contributed by atoms with Gasteiger partial charge in [-0.05, 0) is 51.1 Å². The number of halogens is 1. The molecule has 106 valence electrons. The minimum Gasteiger partial charge on any atom is -0.368 e. The van der Waals surface area contributed by atoms with Crippen LogP contribution in [0, 0.1) is 0 Å². The van der Waals surface area contributed by atoms with E-state index in [0.717, 1.165) is 24.1 Å². The van der Waals surface area contributed by atoms with Crippen LogP contribution in [0.1, 0.15) is 39.3 Å². The van der Waals surface area contributed by atoms with Crippen LogP contribution >= 0.6 is 15.9 Å². The second kappa shape index (κ2) is 7.71. The molecule has 0 aliphatic rings. The maximum Gasteiger partial charge on any atom is 0.0418 e. The molecule has 1 unspecified atom stereocenters. The zero-order valence-electron chi connectivity index (χ0n) is 12.5. The summed E-state index contributed by atoms with van der Waals surface area (Å²) in [6.45, 7) is 15.5. The van der Waals surface area contributed by atoms with Gasteiger partial charge in [0.25, 0.3) is 0 Å². The Balaban J connectivity index is 3.13. The van der Waals surface area contributed by atoms with Crippen LogP contribution < -0.4 is 10.2 Å². The molecule has 0 fully saturated rings. The number of nitrogens with one attached hydrogen (secondary N) is 1. The Morgan fingerprint density at radius 3 is 2.63 bits per heavy atom. The Hall–Kier alpha value is -0.800. The van der Waals surface area contributed by atoms with Gasteiger partial charge in [0.15, 0.2) is 0 Å². The van der Waals surface area contributed by atoms with E-state index < -0.39 is 0 Å². The standard InChI is InChI=1S/C16H25BrN2/c1-6-18-13(5)15-10-14(17)8-9-16(15)19(7-2)11-12(3)4/h8-10,13,18H,3,6-7,11H2,1-2,4-5H3. The molecule has 0 spiro atoms. The van der Waals surface area contributed by atoms with Crippen molar-refractivity contribution >= 4 is 21.6 Å². The van der Waals surface area contributed by atoms with Gasteiger partial charge in [0.2, 0.25) is 0 Å². The molecule has 0 aliphatic carbocycles. The Morgan fingerprint density at radius 1 is 1.42 bits per heavy atom. The van der Waals surface area contributed by atoms with Crippen LogP contribution in [0.4, 0.5) is 5.69 Å². The number of nitrogens with zero attached hydrogens (tertiary/aromatic N) is 1.